The van der Waals surface area contributed by atoms with Crippen LogP contribution < -0.4 is 14.8 Å². The van der Waals surface area contributed by atoms with Crippen LogP contribution in [0.4, 0.5) is 0 Å². The number of hydrogen-bond acceptors (Lipinski definition) is 3. The van der Waals surface area contributed by atoms with Crippen LogP contribution in [-0.2, 0) is 0 Å². The standard InChI is InChI=1S/C20H25NO2.ClH/c1-2-22-19-10-6-7-11-20(19)23-15-17-14-21-13-12-18(17)16-8-4-3-5-9-16;/h3-11,17-18,21H,2,12-15H2,1H3;1H. The summed E-state index contributed by atoms with van der Waals surface area (Å²) >= 11 is 0. The number of nitrogens with one attached hydrogen (secondary N) is 1. The zero-order valence-corrected chi connectivity index (χ0v) is 14.9. The van der Waals surface area contributed by atoms with Gasteiger partial charge in [0, 0.05) is 12.5 Å². The Morgan fingerprint density at radius 1 is 0.958 bits per heavy atom. The molecule has 0 aliphatic carbocycles. The second kappa shape index (κ2) is 9.55. The van der Waals surface area contributed by atoms with E-state index in [0.717, 1.165) is 31.0 Å². The fraction of sp³-hybridized carbons (Fsp3) is 0.400. The third-order valence-electron chi connectivity index (χ3n) is 4.44. The van der Waals surface area contributed by atoms with E-state index in [1.54, 1.807) is 0 Å². The first-order chi connectivity index (χ1) is 11.4. The van der Waals surface area contributed by atoms with Crippen LogP contribution in [0.15, 0.2) is 54.6 Å². The Kier molecular flexibility index (Phi) is 7.41. The predicted molar refractivity (Wildman–Crippen MR) is 101 cm³/mol. The quantitative estimate of drug-likeness (QED) is 0.846. The molecule has 0 aromatic heterocycles. The highest BCUT2D eigenvalue weighted by Crippen LogP contribution is 2.32. The first-order valence-electron chi connectivity index (χ1n) is 8.48. The van der Waals surface area contributed by atoms with E-state index in [0.29, 0.717) is 25.0 Å². The Hall–Kier alpha value is -1.71. The summed E-state index contributed by atoms with van der Waals surface area (Å²) in [6.07, 6.45) is 1.16. The molecule has 1 aliphatic heterocycles. The molecule has 2 unspecified atom stereocenters. The van der Waals surface area contributed by atoms with Gasteiger partial charge in [-0.05, 0) is 43.5 Å². The van der Waals surface area contributed by atoms with Crippen molar-refractivity contribution in [2.45, 2.75) is 19.3 Å². The third-order valence-corrected chi connectivity index (χ3v) is 4.44. The molecule has 2 aromatic rings. The number of hydrogen-bond donors (Lipinski definition) is 1. The summed E-state index contributed by atoms with van der Waals surface area (Å²) in [4.78, 5) is 0. The fourth-order valence-corrected chi connectivity index (χ4v) is 3.28. The van der Waals surface area contributed by atoms with Gasteiger partial charge in [0.25, 0.3) is 0 Å². The molecular formula is C20H26ClNO2. The van der Waals surface area contributed by atoms with Gasteiger partial charge in [0.2, 0.25) is 0 Å². The number of piperidine rings is 1. The predicted octanol–water partition coefficient (Wildman–Crippen LogP) is 4.28. The number of benzene rings is 2. The summed E-state index contributed by atoms with van der Waals surface area (Å²) in [5, 5.41) is 3.50. The normalized spacial score (nSPS) is 20.0. The second-order valence-corrected chi connectivity index (χ2v) is 5.96. The molecule has 2 atom stereocenters. The third kappa shape index (κ3) is 4.65. The van der Waals surface area contributed by atoms with Gasteiger partial charge in [-0.25, -0.2) is 0 Å². The molecule has 1 fully saturated rings. The highest BCUT2D eigenvalue weighted by molar-refractivity contribution is 5.85. The zero-order chi connectivity index (χ0) is 15.9. The van der Waals surface area contributed by atoms with Crippen molar-refractivity contribution in [2.24, 2.45) is 5.92 Å². The summed E-state index contributed by atoms with van der Waals surface area (Å²) < 4.78 is 11.8. The minimum atomic E-state index is 0. The van der Waals surface area contributed by atoms with Gasteiger partial charge in [-0.1, -0.05) is 42.5 Å². The summed E-state index contributed by atoms with van der Waals surface area (Å²) in [5.41, 5.74) is 1.42. The van der Waals surface area contributed by atoms with E-state index in [1.165, 1.54) is 5.56 Å². The first-order valence-corrected chi connectivity index (χ1v) is 8.48. The number of halogens is 1. The number of para-hydroxylation sites is 2. The van der Waals surface area contributed by atoms with Gasteiger partial charge in [0.05, 0.1) is 13.2 Å². The van der Waals surface area contributed by atoms with Crippen LogP contribution in [0.3, 0.4) is 0 Å². The molecule has 0 spiro atoms. The van der Waals surface area contributed by atoms with Gasteiger partial charge < -0.3 is 14.8 Å². The highest BCUT2D eigenvalue weighted by atomic mass is 35.5. The van der Waals surface area contributed by atoms with Gasteiger partial charge in [0.1, 0.15) is 0 Å². The zero-order valence-electron chi connectivity index (χ0n) is 14.1. The maximum atomic E-state index is 6.12. The minimum absolute atomic E-state index is 0. The van der Waals surface area contributed by atoms with Crippen LogP contribution >= 0.6 is 12.4 Å². The lowest BCUT2D eigenvalue weighted by molar-refractivity contribution is 0.189. The molecule has 1 aliphatic rings. The molecule has 4 heteroatoms. The molecule has 3 rings (SSSR count). The largest absolute Gasteiger partial charge is 0.490 e. The van der Waals surface area contributed by atoms with E-state index >= 15 is 0 Å². The Bertz CT molecular complexity index is 606. The van der Waals surface area contributed by atoms with Crippen LogP contribution in [0.2, 0.25) is 0 Å². The van der Waals surface area contributed by atoms with Crippen molar-refractivity contribution in [3.8, 4) is 11.5 Å². The van der Waals surface area contributed by atoms with Crippen molar-refractivity contribution < 1.29 is 9.47 Å². The van der Waals surface area contributed by atoms with Gasteiger partial charge in [0.15, 0.2) is 11.5 Å². The molecule has 2 aromatic carbocycles. The van der Waals surface area contributed by atoms with Gasteiger partial charge in [-0.15, -0.1) is 12.4 Å². The summed E-state index contributed by atoms with van der Waals surface area (Å²) in [5.74, 6) is 2.69. The highest BCUT2D eigenvalue weighted by Gasteiger charge is 2.27. The lowest BCUT2D eigenvalue weighted by Crippen LogP contribution is -2.38. The average Bonchev–Trinajstić information content (AvgIpc) is 2.62. The van der Waals surface area contributed by atoms with E-state index in [9.17, 15) is 0 Å². The molecule has 0 saturated carbocycles. The summed E-state index contributed by atoms with van der Waals surface area (Å²) in [6, 6.07) is 18.7. The van der Waals surface area contributed by atoms with Crippen molar-refractivity contribution >= 4 is 12.4 Å². The maximum Gasteiger partial charge on any atom is 0.161 e. The van der Waals surface area contributed by atoms with E-state index < -0.39 is 0 Å². The van der Waals surface area contributed by atoms with Crippen LogP contribution in [0.25, 0.3) is 0 Å². The van der Waals surface area contributed by atoms with Gasteiger partial charge in [-0.2, -0.15) is 0 Å². The van der Waals surface area contributed by atoms with E-state index in [4.69, 9.17) is 9.47 Å². The molecule has 1 N–H and O–H groups in total. The lowest BCUT2D eigenvalue weighted by Gasteiger charge is -2.32. The molecular weight excluding hydrogens is 322 g/mol. The molecule has 1 saturated heterocycles. The average molecular weight is 348 g/mol. The molecule has 130 valence electrons. The molecule has 0 amide bonds. The fourth-order valence-electron chi connectivity index (χ4n) is 3.28. The lowest BCUT2D eigenvalue weighted by atomic mass is 9.81. The Morgan fingerprint density at radius 2 is 1.62 bits per heavy atom. The minimum Gasteiger partial charge on any atom is -0.490 e. The monoisotopic (exact) mass is 347 g/mol. The smallest absolute Gasteiger partial charge is 0.161 e. The topological polar surface area (TPSA) is 30.5 Å². The number of rotatable bonds is 6. The van der Waals surface area contributed by atoms with E-state index in [-0.39, 0.29) is 12.4 Å². The van der Waals surface area contributed by atoms with Gasteiger partial charge >= 0.3 is 0 Å². The van der Waals surface area contributed by atoms with Crippen molar-refractivity contribution in [1.82, 2.24) is 5.32 Å². The van der Waals surface area contributed by atoms with Crippen LogP contribution in [0.1, 0.15) is 24.8 Å². The second-order valence-electron chi connectivity index (χ2n) is 5.96. The van der Waals surface area contributed by atoms with Crippen molar-refractivity contribution in [1.29, 1.82) is 0 Å². The van der Waals surface area contributed by atoms with Crippen molar-refractivity contribution in [3.63, 3.8) is 0 Å². The molecule has 24 heavy (non-hydrogen) atoms. The van der Waals surface area contributed by atoms with E-state index in [2.05, 4.69) is 35.6 Å². The Morgan fingerprint density at radius 3 is 2.33 bits per heavy atom. The molecule has 1 heterocycles. The SMILES string of the molecule is CCOc1ccccc1OCC1CNCCC1c1ccccc1.Cl. The molecule has 0 radical (unpaired) electrons. The maximum absolute atomic E-state index is 6.12. The van der Waals surface area contributed by atoms with Crippen LogP contribution in [0, 0.1) is 5.92 Å². The van der Waals surface area contributed by atoms with Crippen LogP contribution in [0.5, 0.6) is 11.5 Å². The summed E-state index contributed by atoms with van der Waals surface area (Å²) in [7, 11) is 0. The Labute approximate surface area is 150 Å². The summed E-state index contributed by atoms with van der Waals surface area (Å²) in [6.45, 7) is 5.42. The van der Waals surface area contributed by atoms with Crippen molar-refractivity contribution in [2.75, 3.05) is 26.3 Å². The van der Waals surface area contributed by atoms with Crippen molar-refractivity contribution in [3.05, 3.63) is 60.2 Å². The molecule has 3 nitrogen and oxygen atoms in total. The Balaban J connectivity index is 0.00000208. The van der Waals surface area contributed by atoms with E-state index in [1.807, 2.05) is 31.2 Å². The molecule has 0 bridgehead atoms. The van der Waals surface area contributed by atoms with Gasteiger partial charge in [-0.3, -0.25) is 0 Å². The first kappa shape index (κ1) is 18.6. The van der Waals surface area contributed by atoms with Crippen LogP contribution in [-0.4, -0.2) is 26.3 Å². The number of ether oxygens (including phenoxy) is 2.